The molecule has 3 saturated heterocycles. The maximum absolute atomic E-state index is 9.87. The Bertz CT molecular complexity index is 341. The Labute approximate surface area is 106 Å². The molecule has 0 aliphatic carbocycles. The van der Waals surface area contributed by atoms with Crippen molar-refractivity contribution in [2.45, 2.75) is 70.0 Å². The van der Waals surface area contributed by atoms with Crippen molar-refractivity contribution in [2.24, 2.45) is 0 Å². The van der Waals surface area contributed by atoms with E-state index in [1.54, 1.807) is 0 Å². The van der Waals surface area contributed by atoms with Crippen LogP contribution < -0.4 is 0 Å². The molecule has 0 saturated carbocycles. The van der Waals surface area contributed by atoms with Crippen LogP contribution in [0.4, 0.5) is 0 Å². The molecule has 5 atom stereocenters. The average Bonchev–Trinajstić information content (AvgIpc) is 2.81. The number of fused-ring (bicyclic) bond motifs is 1. The molecule has 3 heterocycles. The first-order valence-corrected chi connectivity index (χ1v) is 6.28. The van der Waals surface area contributed by atoms with E-state index in [1.165, 1.54) is 0 Å². The molecule has 6 nitrogen and oxygen atoms in total. The van der Waals surface area contributed by atoms with E-state index in [2.05, 4.69) is 0 Å². The normalized spacial score (nSPS) is 49.5. The van der Waals surface area contributed by atoms with Crippen LogP contribution in [0.2, 0.25) is 0 Å². The zero-order valence-corrected chi connectivity index (χ0v) is 11.1. The van der Waals surface area contributed by atoms with Gasteiger partial charge < -0.3 is 28.8 Å². The van der Waals surface area contributed by atoms with Gasteiger partial charge in [0.25, 0.3) is 0 Å². The largest absolute Gasteiger partial charge is 0.366 e. The lowest BCUT2D eigenvalue weighted by molar-refractivity contribution is -0.236. The van der Waals surface area contributed by atoms with Gasteiger partial charge in [-0.1, -0.05) is 0 Å². The molecule has 3 fully saturated rings. The summed E-state index contributed by atoms with van der Waals surface area (Å²) < 4.78 is 28.2. The van der Waals surface area contributed by atoms with E-state index in [1.807, 2.05) is 27.7 Å². The van der Waals surface area contributed by atoms with Gasteiger partial charge in [-0.05, 0) is 27.7 Å². The molecule has 1 N–H and O–H groups in total. The smallest absolute Gasteiger partial charge is 0.184 e. The fraction of sp³-hybridized carbons (Fsp3) is 1.00. The summed E-state index contributed by atoms with van der Waals surface area (Å²) in [4.78, 5) is 0. The van der Waals surface area contributed by atoms with Gasteiger partial charge in [0.05, 0.1) is 6.61 Å². The van der Waals surface area contributed by atoms with Crippen LogP contribution in [0.1, 0.15) is 27.7 Å². The quantitative estimate of drug-likeness (QED) is 0.735. The Morgan fingerprint density at radius 2 is 1.56 bits per heavy atom. The van der Waals surface area contributed by atoms with Crippen LogP contribution in [-0.4, -0.2) is 54.0 Å². The highest BCUT2D eigenvalue weighted by atomic mass is 16.8. The first kappa shape index (κ1) is 12.8. The van der Waals surface area contributed by atoms with Crippen LogP contribution in [0.5, 0.6) is 0 Å². The molecule has 3 aliphatic heterocycles. The van der Waals surface area contributed by atoms with E-state index in [0.717, 1.165) is 0 Å². The second kappa shape index (κ2) is 3.88. The first-order valence-electron chi connectivity index (χ1n) is 6.28. The summed E-state index contributed by atoms with van der Waals surface area (Å²) >= 11 is 0. The van der Waals surface area contributed by atoms with E-state index >= 15 is 0 Å². The zero-order chi connectivity index (χ0) is 13.1. The van der Waals surface area contributed by atoms with Crippen molar-refractivity contribution in [1.29, 1.82) is 0 Å². The number of hydrogen-bond acceptors (Lipinski definition) is 6. The molecule has 0 aromatic heterocycles. The molecule has 0 unspecified atom stereocenters. The lowest BCUT2D eigenvalue weighted by Gasteiger charge is -2.26. The van der Waals surface area contributed by atoms with Gasteiger partial charge in [0, 0.05) is 0 Å². The molecule has 6 heteroatoms. The molecule has 3 aliphatic rings. The van der Waals surface area contributed by atoms with Crippen molar-refractivity contribution in [1.82, 2.24) is 0 Å². The van der Waals surface area contributed by atoms with Crippen LogP contribution >= 0.6 is 0 Å². The highest BCUT2D eigenvalue weighted by Crippen LogP contribution is 2.41. The third-order valence-electron chi connectivity index (χ3n) is 3.46. The maximum Gasteiger partial charge on any atom is 0.184 e. The number of aliphatic hydroxyl groups excluding tert-OH is 1. The zero-order valence-electron chi connectivity index (χ0n) is 11.1. The van der Waals surface area contributed by atoms with Crippen molar-refractivity contribution >= 4 is 0 Å². The van der Waals surface area contributed by atoms with Gasteiger partial charge >= 0.3 is 0 Å². The number of hydrogen-bond donors (Lipinski definition) is 1. The third-order valence-corrected chi connectivity index (χ3v) is 3.46. The molecule has 0 aromatic carbocycles. The summed E-state index contributed by atoms with van der Waals surface area (Å²) in [7, 11) is 0. The minimum Gasteiger partial charge on any atom is -0.366 e. The molecule has 0 radical (unpaired) electrons. The van der Waals surface area contributed by atoms with E-state index in [4.69, 9.17) is 23.7 Å². The van der Waals surface area contributed by atoms with Gasteiger partial charge in [-0.2, -0.15) is 0 Å². The summed E-state index contributed by atoms with van der Waals surface area (Å²) in [6, 6.07) is 0. The minimum atomic E-state index is -0.978. The van der Waals surface area contributed by atoms with Crippen molar-refractivity contribution in [3.05, 3.63) is 0 Å². The van der Waals surface area contributed by atoms with Crippen molar-refractivity contribution < 1.29 is 28.8 Å². The second-order valence-electron chi connectivity index (χ2n) is 5.92. The van der Waals surface area contributed by atoms with E-state index in [-0.39, 0.29) is 18.3 Å². The summed E-state index contributed by atoms with van der Waals surface area (Å²) in [6.07, 6.45) is -2.38. The molecule has 0 bridgehead atoms. The topological polar surface area (TPSA) is 66.4 Å². The fourth-order valence-corrected chi connectivity index (χ4v) is 2.78. The summed E-state index contributed by atoms with van der Waals surface area (Å²) in [5.74, 6) is -1.32. The lowest BCUT2D eigenvalue weighted by atomic mass is 10.1. The van der Waals surface area contributed by atoms with Gasteiger partial charge in [-0.3, -0.25) is 0 Å². The summed E-state index contributed by atoms with van der Waals surface area (Å²) in [5.41, 5.74) is 0. The van der Waals surface area contributed by atoms with Gasteiger partial charge in [0.1, 0.15) is 24.4 Å². The van der Waals surface area contributed by atoms with E-state index in [0.29, 0.717) is 6.61 Å². The highest BCUT2D eigenvalue weighted by Gasteiger charge is 2.58. The van der Waals surface area contributed by atoms with Gasteiger partial charge in [-0.15, -0.1) is 0 Å². The van der Waals surface area contributed by atoms with Crippen LogP contribution in [0, 0.1) is 0 Å². The van der Waals surface area contributed by atoms with Crippen LogP contribution in [0.3, 0.4) is 0 Å². The standard InChI is InChI=1S/C12H20O6/c1-11(2)14-5-6(16-11)7-8-9(10(13)15-7)18-12(3,4)17-8/h6-10,13H,5H2,1-4H3/t6-,7-,8+,9-,10+/m0/s1. The monoisotopic (exact) mass is 260 g/mol. The Kier molecular flexibility index (Phi) is 2.75. The molecule has 104 valence electrons. The van der Waals surface area contributed by atoms with Crippen molar-refractivity contribution in [2.75, 3.05) is 6.61 Å². The second-order valence-corrected chi connectivity index (χ2v) is 5.92. The number of rotatable bonds is 1. The van der Waals surface area contributed by atoms with Crippen molar-refractivity contribution in [3.63, 3.8) is 0 Å². The lowest BCUT2D eigenvalue weighted by Crippen LogP contribution is -2.40. The molecular formula is C12H20O6. The molecular weight excluding hydrogens is 240 g/mol. The third kappa shape index (κ3) is 2.07. The van der Waals surface area contributed by atoms with E-state index < -0.39 is 24.0 Å². The van der Waals surface area contributed by atoms with Crippen LogP contribution in [-0.2, 0) is 23.7 Å². The number of ether oxygens (including phenoxy) is 5. The highest BCUT2D eigenvalue weighted by molar-refractivity contribution is 4.99. The molecule has 0 amide bonds. The van der Waals surface area contributed by atoms with Crippen molar-refractivity contribution in [3.8, 4) is 0 Å². The predicted octanol–water partition coefficient (Wildman–Crippen LogP) is 0.375. The predicted molar refractivity (Wildman–Crippen MR) is 59.6 cm³/mol. The average molecular weight is 260 g/mol. The first-order chi connectivity index (χ1) is 8.27. The minimum absolute atomic E-state index is 0.248. The SMILES string of the molecule is CC1(C)O[C@@H]2[C@H]([C@@H]3COC(C)(C)O3)O[C@@H](O)[C@H]2O1. The van der Waals surface area contributed by atoms with Gasteiger partial charge in [-0.25, -0.2) is 0 Å². The summed E-state index contributed by atoms with van der Waals surface area (Å²) in [6.45, 7) is 7.78. The molecule has 3 rings (SSSR count). The molecule has 0 spiro atoms. The van der Waals surface area contributed by atoms with E-state index in [9.17, 15) is 5.11 Å². The fourth-order valence-electron chi connectivity index (χ4n) is 2.78. The van der Waals surface area contributed by atoms with Crippen LogP contribution in [0.15, 0.2) is 0 Å². The number of aliphatic hydroxyl groups is 1. The summed E-state index contributed by atoms with van der Waals surface area (Å²) in [5, 5.41) is 9.87. The Morgan fingerprint density at radius 1 is 0.889 bits per heavy atom. The van der Waals surface area contributed by atoms with Gasteiger partial charge in [0.15, 0.2) is 17.9 Å². The van der Waals surface area contributed by atoms with Gasteiger partial charge in [0.2, 0.25) is 0 Å². The maximum atomic E-state index is 9.87. The molecule has 0 aromatic rings. The Morgan fingerprint density at radius 3 is 2.17 bits per heavy atom. The Hall–Kier alpha value is -0.240. The van der Waals surface area contributed by atoms with Crippen LogP contribution in [0.25, 0.3) is 0 Å². The Balaban J connectivity index is 1.75. The molecule has 18 heavy (non-hydrogen) atoms.